The Hall–Kier alpha value is -1.52. The molecule has 1 heterocycles. The predicted molar refractivity (Wildman–Crippen MR) is 88.8 cm³/mol. The molecule has 3 rings (SSSR count). The van der Waals surface area contributed by atoms with Crippen LogP contribution in [0, 0.1) is 12.7 Å². The smallest absolute Gasteiger partial charge is 0.255 e. The molecule has 5 heteroatoms. The Morgan fingerprint density at radius 2 is 2.14 bits per heavy atom. The summed E-state index contributed by atoms with van der Waals surface area (Å²) in [4.78, 5) is 14.5. The van der Waals surface area contributed by atoms with Crippen molar-refractivity contribution in [2.75, 3.05) is 12.3 Å². The van der Waals surface area contributed by atoms with Gasteiger partial charge in [0, 0.05) is 22.9 Å². The number of nitrogens with zero attached hydrogens (tertiary/aromatic N) is 1. The van der Waals surface area contributed by atoms with Crippen molar-refractivity contribution in [3.05, 3.63) is 70.0 Å². The minimum absolute atomic E-state index is 0.0736. The summed E-state index contributed by atoms with van der Waals surface area (Å²) < 4.78 is 13.7. The van der Waals surface area contributed by atoms with Crippen LogP contribution in [0.5, 0.6) is 0 Å². The molecule has 1 atom stereocenters. The summed E-state index contributed by atoms with van der Waals surface area (Å²) >= 11 is 7.74. The van der Waals surface area contributed by atoms with Gasteiger partial charge in [-0.3, -0.25) is 4.79 Å². The zero-order valence-electron chi connectivity index (χ0n) is 12.1. The highest BCUT2D eigenvalue weighted by atomic mass is 35.5. The second-order valence-electron chi connectivity index (χ2n) is 5.24. The molecule has 1 aliphatic rings. The maximum absolute atomic E-state index is 13.7. The van der Waals surface area contributed by atoms with Gasteiger partial charge in [-0.2, -0.15) is 0 Å². The lowest BCUT2D eigenvalue weighted by Gasteiger charge is -2.24. The van der Waals surface area contributed by atoms with Gasteiger partial charge in [-0.15, -0.1) is 11.8 Å². The van der Waals surface area contributed by atoms with Gasteiger partial charge in [0.15, 0.2) is 0 Å². The Morgan fingerprint density at radius 3 is 2.86 bits per heavy atom. The molecule has 0 spiro atoms. The number of hydrogen-bond acceptors (Lipinski definition) is 2. The molecule has 0 N–H and O–H groups in total. The van der Waals surface area contributed by atoms with E-state index in [4.69, 9.17) is 11.6 Å². The highest BCUT2D eigenvalue weighted by Crippen LogP contribution is 2.39. The van der Waals surface area contributed by atoms with Crippen molar-refractivity contribution >= 4 is 29.3 Å². The highest BCUT2D eigenvalue weighted by molar-refractivity contribution is 7.99. The number of carbonyl (C=O) groups is 1. The maximum Gasteiger partial charge on any atom is 0.255 e. The first-order valence-corrected chi connectivity index (χ1v) is 8.43. The fraction of sp³-hybridized carbons (Fsp3) is 0.235. The minimum atomic E-state index is -0.350. The number of benzene rings is 2. The molecule has 1 fully saturated rings. The normalized spacial score (nSPS) is 17.8. The Labute approximate surface area is 138 Å². The van der Waals surface area contributed by atoms with Gasteiger partial charge in [-0.25, -0.2) is 4.39 Å². The van der Waals surface area contributed by atoms with E-state index in [1.807, 2.05) is 24.3 Å². The lowest BCUT2D eigenvalue weighted by molar-refractivity contribution is 0.0760. The van der Waals surface area contributed by atoms with Crippen LogP contribution in [-0.2, 0) is 0 Å². The third-order valence-corrected chi connectivity index (χ3v) is 5.20. The summed E-state index contributed by atoms with van der Waals surface area (Å²) in [5.41, 5.74) is 1.92. The van der Waals surface area contributed by atoms with Gasteiger partial charge in [0.1, 0.15) is 11.2 Å². The summed E-state index contributed by atoms with van der Waals surface area (Å²) in [7, 11) is 0. The molecule has 0 saturated carbocycles. The Bertz CT molecular complexity index is 722. The van der Waals surface area contributed by atoms with E-state index in [1.165, 1.54) is 6.07 Å². The van der Waals surface area contributed by atoms with Crippen molar-refractivity contribution in [2.24, 2.45) is 0 Å². The monoisotopic (exact) mass is 335 g/mol. The number of amides is 1. The number of carbonyl (C=O) groups excluding carboxylic acids is 1. The van der Waals surface area contributed by atoms with Gasteiger partial charge in [0.05, 0.1) is 0 Å². The first-order chi connectivity index (χ1) is 10.6. The number of thioether (sulfide) groups is 1. The van der Waals surface area contributed by atoms with Gasteiger partial charge in [0.2, 0.25) is 0 Å². The third kappa shape index (κ3) is 2.99. The molecule has 2 nitrogen and oxygen atoms in total. The fourth-order valence-corrected chi connectivity index (χ4v) is 3.95. The Balaban J connectivity index is 1.89. The van der Waals surface area contributed by atoms with Crippen LogP contribution in [0.1, 0.15) is 26.9 Å². The van der Waals surface area contributed by atoms with Crippen LogP contribution in [0.15, 0.2) is 42.5 Å². The molecule has 114 valence electrons. The molecule has 2 aromatic carbocycles. The number of halogens is 2. The lowest BCUT2D eigenvalue weighted by Crippen LogP contribution is -2.30. The van der Waals surface area contributed by atoms with Crippen LogP contribution in [0.3, 0.4) is 0 Å². The topological polar surface area (TPSA) is 20.3 Å². The lowest BCUT2D eigenvalue weighted by atomic mass is 10.1. The van der Waals surface area contributed by atoms with Gasteiger partial charge in [-0.05, 0) is 42.3 Å². The zero-order valence-corrected chi connectivity index (χ0v) is 13.6. The quantitative estimate of drug-likeness (QED) is 0.794. The van der Waals surface area contributed by atoms with E-state index in [0.29, 0.717) is 22.7 Å². The minimum Gasteiger partial charge on any atom is -0.322 e. The van der Waals surface area contributed by atoms with E-state index in [2.05, 4.69) is 0 Å². The Morgan fingerprint density at radius 1 is 1.32 bits per heavy atom. The first kappa shape index (κ1) is 15.4. The van der Waals surface area contributed by atoms with Gasteiger partial charge >= 0.3 is 0 Å². The molecular formula is C17H15ClFNOS. The van der Waals surface area contributed by atoms with Crippen molar-refractivity contribution in [3.8, 4) is 0 Å². The van der Waals surface area contributed by atoms with Crippen LogP contribution in [0.2, 0.25) is 5.02 Å². The van der Waals surface area contributed by atoms with E-state index in [0.717, 1.165) is 11.3 Å². The van der Waals surface area contributed by atoms with E-state index in [-0.39, 0.29) is 17.1 Å². The van der Waals surface area contributed by atoms with E-state index in [9.17, 15) is 9.18 Å². The summed E-state index contributed by atoms with van der Waals surface area (Å²) in [5, 5.41) is 0.578. The standard InChI is InChI=1S/C17H15ClFNOS/c1-11-5-6-12(10-15(11)19)16(21)20-7-8-22-17(20)13-3-2-4-14(18)9-13/h2-6,9-10,17H,7-8H2,1H3. The highest BCUT2D eigenvalue weighted by Gasteiger charge is 2.31. The van der Waals surface area contributed by atoms with Crippen LogP contribution in [0.4, 0.5) is 4.39 Å². The average molecular weight is 336 g/mol. The SMILES string of the molecule is Cc1ccc(C(=O)N2CCSC2c2cccc(Cl)c2)cc1F. The van der Waals surface area contributed by atoms with Crippen molar-refractivity contribution in [3.63, 3.8) is 0 Å². The van der Waals surface area contributed by atoms with Gasteiger partial charge < -0.3 is 4.90 Å². The fourth-order valence-electron chi connectivity index (χ4n) is 2.51. The Kier molecular flexibility index (Phi) is 4.41. The second kappa shape index (κ2) is 6.31. The second-order valence-corrected chi connectivity index (χ2v) is 6.87. The average Bonchev–Trinajstić information content (AvgIpc) is 2.99. The summed E-state index contributed by atoms with van der Waals surface area (Å²) in [5.74, 6) is 0.364. The van der Waals surface area contributed by atoms with Crippen molar-refractivity contribution < 1.29 is 9.18 Å². The van der Waals surface area contributed by atoms with Crippen molar-refractivity contribution in [2.45, 2.75) is 12.3 Å². The molecular weight excluding hydrogens is 321 g/mol. The molecule has 0 bridgehead atoms. The number of rotatable bonds is 2. The van der Waals surface area contributed by atoms with Gasteiger partial charge in [0.25, 0.3) is 5.91 Å². The summed E-state index contributed by atoms with van der Waals surface area (Å²) in [6.45, 7) is 2.33. The van der Waals surface area contributed by atoms with Crippen molar-refractivity contribution in [1.82, 2.24) is 4.90 Å². The van der Waals surface area contributed by atoms with E-state index in [1.54, 1.807) is 35.7 Å². The predicted octanol–water partition coefficient (Wildman–Crippen LogP) is 4.68. The van der Waals surface area contributed by atoms with E-state index < -0.39 is 0 Å². The first-order valence-electron chi connectivity index (χ1n) is 7.00. The largest absolute Gasteiger partial charge is 0.322 e. The van der Waals surface area contributed by atoms with Gasteiger partial charge in [-0.1, -0.05) is 29.8 Å². The van der Waals surface area contributed by atoms with Crippen LogP contribution in [-0.4, -0.2) is 23.1 Å². The zero-order chi connectivity index (χ0) is 15.7. The summed E-state index contributed by atoms with van der Waals surface area (Å²) in [6, 6.07) is 12.2. The third-order valence-electron chi connectivity index (χ3n) is 3.70. The molecule has 1 saturated heterocycles. The molecule has 0 aliphatic carbocycles. The molecule has 2 aromatic rings. The molecule has 1 amide bonds. The van der Waals surface area contributed by atoms with E-state index >= 15 is 0 Å². The molecule has 1 unspecified atom stereocenters. The van der Waals surface area contributed by atoms with Crippen molar-refractivity contribution in [1.29, 1.82) is 0 Å². The molecule has 22 heavy (non-hydrogen) atoms. The van der Waals surface area contributed by atoms with Crippen LogP contribution < -0.4 is 0 Å². The van der Waals surface area contributed by atoms with Crippen LogP contribution >= 0.6 is 23.4 Å². The molecule has 1 aliphatic heterocycles. The summed E-state index contributed by atoms with van der Waals surface area (Å²) in [6.07, 6.45) is 0. The van der Waals surface area contributed by atoms with Crippen LogP contribution in [0.25, 0.3) is 0 Å². The molecule has 0 radical (unpaired) electrons. The molecule has 0 aromatic heterocycles. The number of hydrogen-bond donors (Lipinski definition) is 0. The number of aryl methyl sites for hydroxylation is 1. The maximum atomic E-state index is 13.7.